The van der Waals surface area contributed by atoms with Gasteiger partial charge in [0.2, 0.25) is 10.0 Å². The van der Waals surface area contributed by atoms with E-state index in [1.54, 1.807) is 33.8 Å². The third-order valence-electron chi connectivity index (χ3n) is 5.13. The van der Waals surface area contributed by atoms with E-state index in [1.807, 2.05) is 41.8 Å². The molecule has 0 aliphatic carbocycles. The molecule has 2 atom stereocenters. The fraction of sp³-hybridized carbons (Fsp3) is 0.318. The topological polar surface area (TPSA) is 50.3 Å². The van der Waals surface area contributed by atoms with Gasteiger partial charge in [-0.25, -0.2) is 13.4 Å². The fourth-order valence-electron chi connectivity index (χ4n) is 3.89. The Morgan fingerprint density at radius 1 is 0.964 bits per heavy atom. The summed E-state index contributed by atoms with van der Waals surface area (Å²) in [5, 5.41) is 2.92. The van der Waals surface area contributed by atoms with Gasteiger partial charge < -0.3 is 0 Å². The normalized spacial score (nSPS) is 20.9. The zero-order chi connectivity index (χ0) is 19.7. The highest BCUT2D eigenvalue weighted by molar-refractivity contribution is 7.89. The summed E-state index contributed by atoms with van der Waals surface area (Å²) < 4.78 is 28.0. The van der Waals surface area contributed by atoms with Crippen molar-refractivity contribution in [2.75, 3.05) is 13.1 Å². The molecule has 2 heterocycles. The summed E-state index contributed by atoms with van der Waals surface area (Å²) in [6.45, 7) is 5.42. The number of thiazole rings is 1. The van der Waals surface area contributed by atoms with Crippen LogP contribution in [0.5, 0.6) is 0 Å². The van der Waals surface area contributed by atoms with Gasteiger partial charge in [-0.3, -0.25) is 0 Å². The van der Waals surface area contributed by atoms with E-state index >= 15 is 0 Å². The largest absolute Gasteiger partial charge is 0.243 e. The summed E-state index contributed by atoms with van der Waals surface area (Å²) in [5.41, 5.74) is 2.71. The summed E-state index contributed by atoms with van der Waals surface area (Å²) in [6, 6.07) is 17.2. The van der Waals surface area contributed by atoms with Gasteiger partial charge >= 0.3 is 0 Å². The number of rotatable bonds is 4. The standard InChI is InChI=1S/C22H24N2O2S2/c1-16-11-17(2)14-24(13-16)28(25,26)20-10-6-9-19(12-20)21-15-27-22(23-21)18-7-4-3-5-8-18/h3-10,12,15-17H,11,13-14H2,1-2H3/t16-,17-/m1/s1. The first kappa shape index (κ1) is 19.3. The number of sulfonamides is 1. The highest BCUT2D eigenvalue weighted by Crippen LogP contribution is 2.31. The molecule has 0 spiro atoms. The molecule has 0 bridgehead atoms. The molecule has 0 saturated carbocycles. The molecule has 6 heteroatoms. The molecule has 146 valence electrons. The summed E-state index contributed by atoms with van der Waals surface area (Å²) >= 11 is 1.57. The molecule has 0 N–H and O–H groups in total. The minimum atomic E-state index is -3.49. The van der Waals surface area contributed by atoms with E-state index in [0.717, 1.165) is 28.2 Å². The van der Waals surface area contributed by atoms with E-state index in [0.29, 0.717) is 29.8 Å². The van der Waals surface area contributed by atoms with Gasteiger partial charge in [0.05, 0.1) is 10.6 Å². The molecule has 4 rings (SSSR count). The van der Waals surface area contributed by atoms with Gasteiger partial charge in [0.1, 0.15) is 5.01 Å². The zero-order valence-corrected chi connectivity index (χ0v) is 17.7. The van der Waals surface area contributed by atoms with Gasteiger partial charge in [-0.1, -0.05) is 56.3 Å². The van der Waals surface area contributed by atoms with Gasteiger partial charge in [-0.05, 0) is 30.4 Å². The molecular formula is C22H24N2O2S2. The highest BCUT2D eigenvalue weighted by atomic mass is 32.2. The number of aromatic nitrogens is 1. The summed E-state index contributed by atoms with van der Waals surface area (Å²) in [6.07, 6.45) is 1.08. The number of benzene rings is 2. The Kier molecular flexibility index (Phi) is 5.36. The summed E-state index contributed by atoms with van der Waals surface area (Å²) in [4.78, 5) is 5.07. The molecule has 1 aliphatic rings. The van der Waals surface area contributed by atoms with Gasteiger partial charge in [-0.2, -0.15) is 4.31 Å². The van der Waals surface area contributed by atoms with Crippen molar-refractivity contribution in [3.8, 4) is 21.8 Å². The lowest BCUT2D eigenvalue weighted by atomic mass is 9.94. The van der Waals surface area contributed by atoms with Crippen molar-refractivity contribution < 1.29 is 8.42 Å². The Bertz CT molecular complexity index is 1050. The Morgan fingerprint density at radius 2 is 1.64 bits per heavy atom. The molecule has 1 aliphatic heterocycles. The number of hydrogen-bond acceptors (Lipinski definition) is 4. The molecule has 1 aromatic heterocycles. The Morgan fingerprint density at radius 3 is 2.36 bits per heavy atom. The first-order valence-electron chi connectivity index (χ1n) is 9.55. The maximum atomic E-state index is 13.2. The molecule has 0 amide bonds. The van der Waals surface area contributed by atoms with Crippen LogP contribution in [0.25, 0.3) is 21.8 Å². The second-order valence-corrected chi connectivity index (χ2v) is 10.5. The van der Waals surface area contributed by atoms with Crippen LogP contribution >= 0.6 is 11.3 Å². The van der Waals surface area contributed by atoms with Gasteiger partial charge in [0.25, 0.3) is 0 Å². The van der Waals surface area contributed by atoms with E-state index < -0.39 is 10.0 Å². The van der Waals surface area contributed by atoms with Crippen LogP contribution in [0, 0.1) is 11.8 Å². The predicted octanol–water partition coefficient (Wildman–Crippen LogP) is 5.14. The third-order valence-corrected chi connectivity index (χ3v) is 7.85. The van der Waals surface area contributed by atoms with Gasteiger partial charge in [0, 0.05) is 29.6 Å². The minimum absolute atomic E-state index is 0.348. The minimum Gasteiger partial charge on any atom is -0.236 e. The van der Waals surface area contributed by atoms with E-state index in [1.165, 1.54) is 0 Å². The van der Waals surface area contributed by atoms with Crippen molar-refractivity contribution in [2.24, 2.45) is 11.8 Å². The Labute approximate surface area is 170 Å². The van der Waals surface area contributed by atoms with Crippen LogP contribution in [-0.2, 0) is 10.0 Å². The quantitative estimate of drug-likeness (QED) is 0.596. The fourth-order valence-corrected chi connectivity index (χ4v) is 6.45. The smallest absolute Gasteiger partial charge is 0.236 e. The van der Waals surface area contributed by atoms with E-state index in [-0.39, 0.29) is 0 Å². The Balaban J connectivity index is 1.64. The summed E-state index contributed by atoms with van der Waals surface area (Å²) in [5.74, 6) is 0.766. The van der Waals surface area contributed by atoms with Crippen LogP contribution in [0.2, 0.25) is 0 Å². The van der Waals surface area contributed by atoms with Gasteiger partial charge in [0.15, 0.2) is 0 Å². The van der Waals surface area contributed by atoms with Crippen molar-refractivity contribution in [1.82, 2.24) is 9.29 Å². The van der Waals surface area contributed by atoms with Crippen LogP contribution in [-0.4, -0.2) is 30.8 Å². The van der Waals surface area contributed by atoms with Crippen molar-refractivity contribution in [3.05, 3.63) is 60.0 Å². The van der Waals surface area contributed by atoms with Crippen molar-refractivity contribution >= 4 is 21.4 Å². The molecule has 28 heavy (non-hydrogen) atoms. The predicted molar refractivity (Wildman–Crippen MR) is 115 cm³/mol. The highest BCUT2D eigenvalue weighted by Gasteiger charge is 2.31. The summed E-state index contributed by atoms with van der Waals surface area (Å²) in [7, 11) is -3.49. The second kappa shape index (κ2) is 7.78. The number of piperidine rings is 1. The number of nitrogens with zero attached hydrogens (tertiary/aromatic N) is 2. The molecule has 0 radical (unpaired) electrons. The second-order valence-electron chi connectivity index (χ2n) is 7.70. The van der Waals surface area contributed by atoms with Gasteiger partial charge in [-0.15, -0.1) is 11.3 Å². The van der Waals surface area contributed by atoms with E-state index in [2.05, 4.69) is 13.8 Å². The molecule has 4 nitrogen and oxygen atoms in total. The lowest BCUT2D eigenvalue weighted by molar-refractivity contribution is 0.222. The first-order chi connectivity index (χ1) is 13.4. The molecule has 3 aromatic rings. The van der Waals surface area contributed by atoms with Crippen LogP contribution in [0.4, 0.5) is 0 Å². The lowest BCUT2D eigenvalue weighted by Crippen LogP contribution is -2.42. The van der Waals surface area contributed by atoms with Crippen LogP contribution in [0.15, 0.2) is 64.9 Å². The maximum absolute atomic E-state index is 13.2. The molecule has 1 saturated heterocycles. The monoisotopic (exact) mass is 412 g/mol. The lowest BCUT2D eigenvalue weighted by Gasteiger charge is -2.34. The molecular weight excluding hydrogens is 388 g/mol. The third kappa shape index (κ3) is 3.90. The van der Waals surface area contributed by atoms with Crippen molar-refractivity contribution in [1.29, 1.82) is 0 Å². The first-order valence-corrected chi connectivity index (χ1v) is 11.9. The van der Waals surface area contributed by atoms with Crippen LogP contribution in [0.1, 0.15) is 20.3 Å². The molecule has 0 unspecified atom stereocenters. The van der Waals surface area contributed by atoms with E-state index in [4.69, 9.17) is 4.98 Å². The molecule has 2 aromatic carbocycles. The maximum Gasteiger partial charge on any atom is 0.243 e. The average molecular weight is 413 g/mol. The van der Waals surface area contributed by atoms with Crippen LogP contribution < -0.4 is 0 Å². The molecule has 1 fully saturated rings. The van der Waals surface area contributed by atoms with Crippen molar-refractivity contribution in [3.63, 3.8) is 0 Å². The number of hydrogen-bond donors (Lipinski definition) is 0. The SMILES string of the molecule is C[C@@H]1C[C@@H](C)CN(S(=O)(=O)c2cccc(-c3csc(-c4ccccc4)n3)c2)C1. The van der Waals surface area contributed by atoms with Crippen molar-refractivity contribution in [2.45, 2.75) is 25.2 Å². The Hall–Kier alpha value is -2.02. The van der Waals surface area contributed by atoms with E-state index in [9.17, 15) is 8.42 Å². The zero-order valence-electron chi connectivity index (χ0n) is 16.1. The van der Waals surface area contributed by atoms with Crippen LogP contribution in [0.3, 0.4) is 0 Å². The average Bonchev–Trinajstić information content (AvgIpc) is 3.18.